The number of aryl methyl sites for hydroxylation is 1. The number of rotatable bonds is 3. The quantitative estimate of drug-likeness (QED) is 0.698. The molecule has 1 N–H and O–H groups in total. The van der Waals surface area contributed by atoms with Crippen molar-refractivity contribution in [2.24, 2.45) is 0 Å². The number of Topliss-reactive ketones (excluding diaryl/α,β-unsaturated/α-hetero) is 1. The number of nitrogens with zero attached hydrogens (tertiary/aromatic N) is 5. The average molecular weight is 482 g/mol. The second kappa shape index (κ2) is 14.2. The van der Waals surface area contributed by atoms with Crippen LogP contribution in [0.15, 0.2) is 4.52 Å². The lowest BCUT2D eigenvalue weighted by Gasteiger charge is -2.34. The molecule has 0 radical (unpaired) electrons. The number of aliphatic hydroxyl groups excluding tert-OH is 1. The maximum Gasteiger partial charge on any atom is 0.223 e. The molecular weight excluding hydrogens is 434 g/mol. The largest absolute Gasteiger partial charge is 0.393 e. The first kappa shape index (κ1) is 28.8. The first-order valence-electron chi connectivity index (χ1n) is 12.8. The van der Waals surface area contributed by atoms with Crippen molar-refractivity contribution in [2.75, 3.05) is 40.8 Å². The first-order chi connectivity index (χ1) is 16.0. The molecule has 4 rings (SSSR count). The minimum absolute atomic E-state index is 0.0452. The molecule has 0 saturated carbocycles. The van der Waals surface area contributed by atoms with Crippen molar-refractivity contribution in [1.82, 2.24) is 24.8 Å². The van der Waals surface area contributed by atoms with Crippen molar-refractivity contribution < 1.29 is 19.2 Å². The number of ether oxygens (including phenoxy) is 1. The lowest BCUT2D eigenvalue weighted by Crippen LogP contribution is -2.40. The highest BCUT2D eigenvalue weighted by molar-refractivity contribution is 5.79. The van der Waals surface area contributed by atoms with Gasteiger partial charge in [-0.05, 0) is 67.6 Å². The summed E-state index contributed by atoms with van der Waals surface area (Å²) in [6.45, 7) is 11.8. The number of hydrogen-bond donors (Lipinski definition) is 1. The smallest absolute Gasteiger partial charge is 0.223 e. The molecular formula is C25H47N5O4. The van der Waals surface area contributed by atoms with Gasteiger partial charge in [0.05, 0.1) is 12.2 Å². The van der Waals surface area contributed by atoms with Crippen molar-refractivity contribution >= 4 is 5.78 Å². The molecule has 0 aliphatic carbocycles. The Hall–Kier alpha value is -1.39. The zero-order valence-corrected chi connectivity index (χ0v) is 22.4. The van der Waals surface area contributed by atoms with Gasteiger partial charge >= 0.3 is 0 Å². The summed E-state index contributed by atoms with van der Waals surface area (Å²) >= 11 is 0. The molecule has 3 aliphatic rings. The van der Waals surface area contributed by atoms with Gasteiger partial charge in [-0.15, -0.1) is 0 Å². The summed E-state index contributed by atoms with van der Waals surface area (Å²) in [4.78, 5) is 21.8. The van der Waals surface area contributed by atoms with E-state index in [1.54, 1.807) is 6.92 Å². The van der Waals surface area contributed by atoms with Crippen molar-refractivity contribution in [2.45, 2.75) is 103 Å². The minimum Gasteiger partial charge on any atom is -0.393 e. The third-order valence-electron chi connectivity index (χ3n) is 7.38. The number of aliphatic hydroxyl groups is 1. The lowest BCUT2D eigenvalue weighted by atomic mass is 10.0. The van der Waals surface area contributed by atoms with Crippen LogP contribution in [0.1, 0.15) is 71.0 Å². The van der Waals surface area contributed by atoms with Crippen LogP contribution in [0.25, 0.3) is 0 Å². The number of likely N-dealkylation sites (tertiary alicyclic amines) is 3. The predicted molar refractivity (Wildman–Crippen MR) is 133 cm³/mol. The maximum atomic E-state index is 10.8. The Bertz CT molecular complexity index is 730. The van der Waals surface area contributed by atoms with Gasteiger partial charge < -0.3 is 29.1 Å². The predicted octanol–water partition coefficient (Wildman–Crippen LogP) is 2.51. The van der Waals surface area contributed by atoms with Gasteiger partial charge in [0, 0.05) is 57.5 Å². The second-order valence-electron chi connectivity index (χ2n) is 10.3. The minimum atomic E-state index is -0.0452. The Balaban J connectivity index is 0.000000194. The molecule has 196 valence electrons. The van der Waals surface area contributed by atoms with Gasteiger partial charge in [0.1, 0.15) is 12.4 Å². The van der Waals surface area contributed by atoms with E-state index in [1.165, 1.54) is 0 Å². The van der Waals surface area contributed by atoms with Gasteiger partial charge in [-0.25, -0.2) is 0 Å². The van der Waals surface area contributed by atoms with Crippen LogP contribution in [0.5, 0.6) is 0 Å². The van der Waals surface area contributed by atoms with Crippen molar-refractivity contribution in [3.8, 4) is 0 Å². The van der Waals surface area contributed by atoms with Gasteiger partial charge in [0.2, 0.25) is 5.89 Å². The molecule has 0 bridgehead atoms. The van der Waals surface area contributed by atoms with Crippen molar-refractivity contribution in [1.29, 1.82) is 0 Å². The Morgan fingerprint density at radius 3 is 2.09 bits per heavy atom. The summed E-state index contributed by atoms with van der Waals surface area (Å²) in [6, 6.07) is 1.62. The molecule has 4 heterocycles. The Morgan fingerprint density at radius 1 is 0.971 bits per heavy atom. The van der Waals surface area contributed by atoms with Crippen LogP contribution >= 0.6 is 0 Å². The van der Waals surface area contributed by atoms with E-state index in [4.69, 9.17) is 9.26 Å². The van der Waals surface area contributed by atoms with E-state index in [9.17, 15) is 9.90 Å². The molecule has 3 fully saturated rings. The fraction of sp³-hybridized carbons (Fsp3) is 0.880. The third-order valence-corrected chi connectivity index (χ3v) is 7.38. The number of aromatic nitrogens is 2. The van der Waals surface area contributed by atoms with E-state index in [-0.39, 0.29) is 6.10 Å². The molecule has 0 aromatic carbocycles. The summed E-state index contributed by atoms with van der Waals surface area (Å²) in [5.74, 6) is 1.65. The normalized spacial score (nSPS) is 31.3. The second-order valence-corrected chi connectivity index (χ2v) is 10.3. The molecule has 3 aliphatic heterocycles. The molecule has 0 unspecified atom stereocenters. The Kier molecular flexibility index (Phi) is 12.1. The molecule has 0 amide bonds. The SMILES string of the molecule is C[C@H]1CC(=O)CCN1C.C[C@H]1C[C@@H](O)CCN1C.Cc1nc(CO[C@H]2CCN(C)[C@@H](C)C2)no1. The number of carbonyl (C=O) groups is 1. The fourth-order valence-electron chi connectivity index (χ4n) is 4.36. The third kappa shape index (κ3) is 10.1. The van der Waals surface area contributed by atoms with Gasteiger partial charge in [-0.2, -0.15) is 4.98 Å². The van der Waals surface area contributed by atoms with Crippen molar-refractivity contribution in [3.63, 3.8) is 0 Å². The highest BCUT2D eigenvalue weighted by Gasteiger charge is 2.24. The Labute approximate surface area is 205 Å². The Morgan fingerprint density at radius 2 is 1.59 bits per heavy atom. The molecule has 1 aromatic rings. The molecule has 1 aromatic heterocycles. The van der Waals surface area contributed by atoms with Gasteiger partial charge in [-0.1, -0.05) is 5.16 Å². The molecule has 34 heavy (non-hydrogen) atoms. The summed E-state index contributed by atoms with van der Waals surface area (Å²) < 4.78 is 10.7. The topological polar surface area (TPSA) is 95.2 Å². The zero-order valence-electron chi connectivity index (χ0n) is 22.4. The molecule has 0 spiro atoms. The molecule has 3 saturated heterocycles. The molecule has 9 nitrogen and oxygen atoms in total. The highest BCUT2D eigenvalue weighted by Crippen LogP contribution is 2.19. The van der Waals surface area contributed by atoms with E-state index in [1.807, 2.05) is 0 Å². The summed E-state index contributed by atoms with van der Waals surface area (Å²) in [7, 11) is 6.33. The highest BCUT2D eigenvalue weighted by atomic mass is 16.5. The van der Waals surface area contributed by atoms with Gasteiger partial charge in [-0.3, -0.25) is 4.79 Å². The summed E-state index contributed by atoms with van der Waals surface area (Å²) in [5, 5.41) is 13.0. The monoisotopic (exact) mass is 481 g/mol. The number of piperidine rings is 3. The lowest BCUT2D eigenvalue weighted by molar-refractivity contribution is -0.122. The van der Waals surface area contributed by atoms with Gasteiger partial charge in [0.25, 0.3) is 0 Å². The number of carbonyl (C=O) groups excluding carboxylic acids is 1. The summed E-state index contributed by atoms with van der Waals surface area (Å²) in [5.41, 5.74) is 0. The first-order valence-corrected chi connectivity index (χ1v) is 12.8. The van der Waals surface area contributed by atoms with Crippen molar-refractivity contribution in [3.05, 3.63) is 11.7 Å². The average Bonchev–Trinajstić information content (AvgIpc) is 3.21. The zero-order chi connectivity index (χ0) is 25.3. The van der Waals surface area contributed by atoms with Crippen LogP contribution in [0.3, 0.4) is 0 Å². The van der Waals surface area contributed by atoms with Crippen LogP contribution in [0, 0.1) is 6.92 Å². The maximum absolute atomic E-state index is 10.8. The fourth-order valence-corrected chi connectivity index (χ4v) is 4.36. The van der Waals surface area contributed by atoms with E-state index in [0.717, 1.165) is 58.2 Å². The molecule has 9 heteroatoms. The van der Waals surface area contributed by atoms with E-state index in [0.29, 0.717) is 48.3 Å². The van der Waals surface area contributed by atoms with Crippen LogP contribution in [0.4, 0.5) is 0 Å². The van der Waals surface area contributed by atoms with Crippen LogP contribution in [-0.4, -0.2) is 107 Å². The van der Waals surface area contributed by atoms with Crippen LogP contribution < -0.4 is 0 Å². The van der Waals surface area contributed by atoms with E-state index < -0.39 is 0 Å². The van der Waals surface area contributed by atoms with E-state index in [2.05, 4.69) is 66.8 Å². The van der Waals surface area contributed by atoms with E-state index >= 15 is 0 Å². The van der Waals surface area contributed by atoms with Crippen LogP contribution in [-0.2, 0) is 16.1 Å². The van der Waals surface area contributed by atoms with Gasteiger partial charge in [0.15, 0.2) is 5.82 Å². The number of hydrogen-bond acceptors (Lipinski definition) is 9. The van der Waals surface area contributed by atoms with Crippen LogP contribution in [0.2, 0.25) is 0 Å². The number of ketones is 1. The standard InChI is InChI=1S/C11H19N3O2.C7H15NO.C7H13NO/c1-8-6-10(4-5-14(8)3)15-7-11-12-9(2)16-13-11;2*1-6-5-7(9)3-4-8(6)2/h8,10H,4-7H2,1-3H3;6-7,9H,3-5H2,1-2H3;6H,3-5H2,1-2H3/t8-,10-;6-,7-;6-/m000/s1. The molecule has 5 atom stereocenters. The summed E-state index contributed by atoms with van der Waals surface area (Å²) in [6.07, 6.45) is 5.82.